The van der Waals surface area contributed by atoms with E-state index in [1.807, 2.05) is 18.7 Å². The molecule has 2 N–H and O–H groups in total. The number of hydrazine groups is 1. The number of benzene rings is 1. The number of hydrogen-bond acceptors (Lipinski definition) is 4. The number of hydrogen-bond donors (Lipinski definition) is 2. The fraction of sp³-hybridized carbons (Fsp3) is 0.467. The first-order valence-electron chi connectivity index (χ1n) is 7.45. The van der Waals surface area contributed by atoms with Crippen molar-refractivity contribution in [1.29, 1.82) is 0 Å². The van der Waals surface area contributed by atoms with Crippen molar-refractivity contribution in [3.63, 3.8) is 0 Å². The zero-order valence-corrected chi connectivity index (χ0v) is 14.4. The van der Waals surface area contributed by atoms with Gasteiger partial charge >= 0.3 is 0 Å². The van der Waals surface area contributed by atoms with Crippen LogP contribution in [-0.2, 0) is 10.0 Å². The molecule has 0 aliphatic carbocycles. The van der Waals surface area contributed by atoms with E-state index in [2.05, 4.69) is 5.43 Å². The van der Waals surface area contributed by atoms with E-state index in [9.17, 15) is 18.0 Å². The fourth-order valence-electron chi connectivity index (χ4n) is 2.04. The van der Waals surface area contributed by atoms with Gasteiger partial charge in [-0.1, -0.05) is 19.9 Å². The Bertz CT molecular complexity index is 652. The molecule has 0 unspecified atom stereocenters. The normalized spacial score (nSPS) is 11.1. The molecular weight excluding hydrogens is 318 g/mol. The highest BCUT2D eigenvalue weighted by Crippen LogP contribution is 2.10. The van der Waals surface area contributed by atoms with Crippen molar-refractivity contribution >= 4 is 21.8 Å². The molecule has 1 aromatic rings. The predicted molar refractivity (Wildman–Crippen MR) is 88.4 cm³/mol. The van der Waals surface area contributed by atoms with Gasteiger partial charge in [-0.15, -0.1) is 4.83 Å². The Balaban J connectivity index is 2.90. The SMILES string of the molecule is CCCN(CCC)C(=O)c1cccc(C(=O)NNS(C)(=O)=O)c1. The monoisotopic (exact) mass is 341 g/mol. The van der Waals surface area contributed by atoms with E-state index in [-0.39, 0.29) is 11.5 Å². The number of sulfonamides is 1. The van der Waals surface area contributed by atoms with Crippen LogP contribution >= 0.6 is 0 Å². The molecule has 0 aliphatic rings. The van der Waals surface area contributed by atoms with E-state index in [0.29, 0.717) is 18.7 Å². The minimum absolute atomic E-state index is 0.139. The van der Waals surface area contributed by atoms with Crippen LogP contribution in [-0.4, -0.2) is 44.5 Å². The Kier molecular flexibility index (Phi) is 7.18. The van der Waals surface area contributed by atoms with Gasteiger partial charge in [0.05, 0.1) is 6.26 Å². The van der Waals surface area contributed by atoms with Crippen LogP contribution in [0.1, 0.15) is 47.4 Å². The second kappa shape index (κ2) is 8.64. The van der Waals surface area contributed by atoms with Crippen molar-refractivity contribution in [3.05, 3.63) is 35.4 Å². The molecule has 0 aliphatic heterocycles. The van der Waals surface area contributed by atoms with Gasteiger partial charge in [-0.2, -0.15) is 0 Å². The lowest BCUT2D eigenvalue weighted by molar-refractivity contribution is 0.0755. The zero-order valence-electron chi connectivity index (χ0n) is 13.6. The Morgan fingerprint density at radius 3 is 2.17 bits per heavy atom. The molecule has 2 amide bonds. The smallest absolute Gasteiger partial charge is 0.266 e. The molecule has 1 rings (SSSR count). The van der Waals surface area contributed by atoms with Crippen LogP contribution in [0.25, 0.3) is 0 Å². The maximum atomic E-state index is 12.5. The van der Waals surface area contributed by atoms with E-state index in [1.54, 1.807) is 17.0 Å². The van der Waals surface area contributed by atoms with Crippen LogP contribution in [0, 0.1) is 0 Å². The van der Waals surface area contributed by atoms with Crippen LogP contribution in [0.2, 0.25) is 0 Å². The van der Waals surface area contributed by atoms with E-state index >= 15 is 0 Å². The number of nitrogens with zero attached hydrogens (tertiary/aromatic N) is 1. The first kappa shape index (κ1) is 19.1. The van der Waals surface area contributed by atoms with Gasteiger partial charge in [0, 0.05) is 24.2 Å². The molecule has 1 aromatic carbocycles. The van der Waals surface area contributed by atoms with Crippen molar-refractivity contribution in [3.8, 4) is 0 Å². The lowest BCUT2D eigenvalue weighted by atomic mass is 10.1. The average molecular weight is 341 g/mol. The first-order valence-corrected chi connectivity index (χ1v) is 9.34. The van der Waals surface area contributed by atoms with Gasteiger partial charge in [-0.05, 0) is 31.0 Å². The quantitative estimate of drug-likeness (QED) is 0.693. The summed E-state index contributed by atoms with van der Waals surface area (Å²) in [5.74, 6) is -0.762. The summed E-state index contributed by atoms with van der Waals surface area (Å²) in [6.45, 7) is 5.30. The minimum atomic E-state index is -3.54. The number of carbonyl (C=O) groups excluding carboxylic acids is 2. The van der Waals surface area contributed by atoms with Crippen molar-refractivity contribution in [1.82, 2.24) is 15.2 Å². The summed E-state index contributed by atoms with van der Waals surface area (Å²) < 4.78 is 22.0. The third-order valence-electron chi connectivity index (χ3n) is 3.00. The molecule has 0 atom stereocenters. The third-order valence-corrected chi connectivity index (χ3v) is 3.47. The largest absolute Gasteiger partial charge is 0.339 e. The van der Waals surface area contributed by atoms with Crippen molar-refractivity contribution < 1.29 is 18.0 Å². The summed E-state index contributed by atoms with van der Waals surface area (Å²) in [6.07, 6.45) is 2.63. The van der Waals surface area contributed by atoms with Gasteiger partial charge in [0.25, 0.3) is 11.8 Å². The van der Waals surface area contributed by atoms with Gasteiger partial charge in [0.1, 0.15) is 0 Å². The lowest BCUT2D eigenvalue weighted by Crippen LogP contribution is -2.41. The molecule has 23 heavy (non-hydrogen) atoms. The van der Waals surface area contributed by atoms with Crippen LogP contribution in [0.5, 0.6) is 0 Å². The predicted octanol–water partition coefficient (Wildman–Crippen LogP) is 1.14. The summed E-state index contributed by atoms with van der Waals surface area (Å²) >= 11 is 0. The van der Waals surface area contributed by atoms with Crippen LogP contribution in [0.3, 0.4) is 0 Å². The summed E-state index contributed by atoms with van der Waals surface area (Å²) in [5, 5.41) is 0. The Morgan fingerprint density at radius 1 is 1.09 bits per heavy atom. The van der Waals surface area contributed by atoms with Crippen molar-refractivity contribution in [2.24, 2.45) is 0 Å². The lowest BCUT2D eigenvalue weighted by Gasteiger charge is -2.21. The first-order chi connectivity index (χ1) is 10.8. The molecule has 0 heterocycles. The maximum Gasteiger partial charge on any atom is 0.266 e. The van der Waals surface area contributed by atoms with Gasteiger partial charge in [0.15, 0.2) is 0 Å². The van der Waals surface area contributed by atoms with E-state index in [4.69, 9.17) is 0 Å². The van der Waals surface area contributed by atoms with E-state index in [1.165, 1.54) is 12.1 Å². The van der Waals surface area contributed by atoms with Gasteiger partial charge < -0.3 is 4.90 Å². The van der Waals surface area contributed by atoms with Gasteiger partial charge in [0.2, 0.25) is 10.0 Å². The molecule has 7 nitrogen and oxygen atoms in total. The van der Waals surface area contributed by atoms with E-state index < -0.39 is 15.9 Å². The highest BCUT2D eigenvalue weighted by atomic mass is 32.2. The fourth-order valence-corrected chi connectivity index (χ4v) is 2.32. The second-order valence-electron chi connectivity index (χ2n) is 5.20. The van der Waals surface area contributed by atoms with Crippen LogP contribution in [0.15, 0.2) is 24.3 Å². The molecule has 128 valence electrons. The number of amides is 2. The molecule has 0 fully saturated rings. The van der Waals surface area contributed by atoms with Crippen LogP contribution in [0.4, 0.5) is 0 Å². The molecular formula is C15H23N3O4S. The minimum Gasteiger partial charge on any atom is -0.339 e. The Hall–Kier alpha value is -1.93. The average Bonchev–Trinajstić information content (AvgIpc) is 2.51. The molecule has 0 aromatic heterocycles. The topological polar surface area (TPSA) is 95.6 Å². The Labute approximate surface area is 137 Å². The molecule has 0 radical (unpaired) electrons. The van der Waals surface area contributed by atoms with Crippen LogP contribution < -0.4 is 10.3 Å². The molecule has 0 saturated heterocycles. The maximum absolute atomic E-state index is 12.5. The summed E-state index contributed by atoms with van der Waals surface area (Å²) in [4.78, 5) is 28.1. The highest BCUT2D eigenvalue weighted by Gasteiger charge is 2.16. The summed E-state index contributed by atoms with van der Waals surface area (Å²) in [7, 11) is -3.54. The molecule has 0 saturated carbocycles. The second-order valence-corrected chi connectivity index (χ2v) is 6.95. The number of nitrogens with one attached hydrogen (secondary N) is 2. The zero-order chi connectivity index (χ0) is 17.5. The van der Waals surface area contributed by atoms with Gasteiger partial charge in [-0.3, -0.25) is 15.0 Å². The molecule has 8 heteroatoms. The van der Waals surface area contributed by atoms with E-state index in [0.717, 1.165) is 19.1 Å². The van der Waals surface area contributed by atoms with Crippen molar-refractivity contribution in [2.75, 3.05) is 19.3 Å². The Morgan fingerprint density at radius 2 is 1.65 bits per heavy atom. The summed E-state index contributed by atoms with van der Waals surface area (Å²) in [5.41, 5.74) is 2.69. The van der Waals surface area contributed by atoms with Crippen molar-refractivity contribution in [2.45, 2.75) is 26.7 Å². The molecule has 0 spiro atoms. The third kappa shape index (κ3) is 6.37. The van der Waals surface area contributed by atoms with Gasteiger partial charge in [-0.25, -0.2) is 8.42 Å². The highest BCUT2D eigenvalue weighted by molar-refractivity contribution is 7.88. The molecule has 0 bridgehead atoms. The number of carbonyl (C=O) groups is 2. The number of rotatable bonds is 8. The summed E-state index contributed by atoms with van der Waals surface area (Å²) in [6, 6.07) is 6.21. The standard InChI is InChI=1S/C15H23N3O4S/c1-4-9-18(10-5-2)15(20)13-8-6-7-12(11-13)14(19)16-17-23(3,21)22/h6-8,11,17H,4-5,9-10H2,1-3H3,(H,16,19).